The smallest absolute Gasteiger partial charge is 0.339 e. The fraction of sp³-hybridized carbons (Fsp3) is 0.227. The second kappa shape index (κ2) is 17.2. The van der Waals surface area contributed by atoms with Crippen molar-refractivity contribution in [2.45, 2.75) is 39.5 Å². The molecule has 6 aromatic rings. The van der Waals surface area contributed by atoms with Crippen LogP contribution in [0.1, 0.15) is 69.7 Å². The zero-order valence-electron chi connectivity index (χ0n) is 30.4. The maximum absolute atomic E-state index is 11.6. The van der Waals surface area contributed by atoms with Crippen molar-refractivity contribution in [3.63, 3.8) is 0 Å². The summed E-state index contributed by atoms with van der Waals surface area (Å²) >= 11 is 6.38. The fourth-order valence-corrected chi connectivity index (χ4v) is 7.05. The van der Waals surface area contributed by atoms with Crippen molar-refractivity contribution < 1.29 is 30.0 Å². The second-order valence-electron chi connectivity index (χ2n) is 13.2. The number of phenols is 2. The number of carbonyl (C=O) groups is 2. The van der Waals surface area contributed by atoms with Crippen LogP contribution in [0, 0.1) is 0 Å². The highest BCUT2D eigenvalue weighted by Crippen LogP contribution is 2.39. The molecule has 0 aliphatic rings. The SMILES string of the molecule is CCCN(CCC)c1ccc(Cc2ccc(N(C)C)c(Cl)c2)cc1.O=C(O)c1cc2ccccc2c(Cc2c(O)c(C(=O)O)cc3ccccc23)c1O. The molecule has 0 heterocycles. The summed E-state index contributed by atoms with van der Waals surface area (Å²) in [5, 5.41) is 43.6. The number of benzene rings is 6. The van der Waals surface area contributed by atoms with Gasteiger partial charge in [0, 0.05) is 50.4 Å². The third-order valence-electron chi connectivity index (χ3n) is 9.26. The number of aromatic hydroxyl groups is 2. The van der Waals surface area contributed by atoms with Gasteiger partial charge in [-0.3, -0.25) is 0 Å². The number of halogens is 1. The van der Waals surface area contributed by atoms with Gasteiger partial charge in [-0.25, -0.2) is 9.59 Å². The summed E-state index contributed by atoms with van der Waals surface area (Å²) in [6.45, 7) is 6.71. The first kappa shape index (κ1) is 38.5. The molecule has 0 bridgehead atoms. The van der Waals surface area contributed by atoms with E-state index in [2.05, 4.69) is 61.2 Å². The summed E-state index contributed by atoms with van der Waals surface area (Å²) in [6.07, 6.45) is 3.23. The summed E-state index contributed by atoms with van der Waals surface area (Å²) in [6, 6.07) is 32.1. The Morgan fingerprint density at radius 2 is 1.09 bits per heavy atom. The second-order valence-corrected chi connectivity index (χ2v) is 13.6. The Morgan fingerprint density at radius 3 is 1.53 bits per heavy atom. The van der Waals surface area contributed by atoms with Gasteiger partial charge in [-0.05, 0) is 88.3 Å². The molecular weight excluding hydrogens is 688 g/mol. The summed E-state index contributed by atoms with van der Waals surface area (Å²) in [5.41, 5.74) is 5.06. The van der Waals surface area contributed by atoms with Crippen molar-refractivity contribution in [1.29, 1.82) is 0 Å². The van der Waals surface area contributed by atoms with Crippen LogP contribution in [-0.2, 0) is 12.8 Å². The molecule has 6 aromatic carbocycles. The van der Waals surface area contributed by atoms with Crippen LogP contribution in [0.5, 0.6) is 11.5 Å². The molecule has 0 unspecified atom stereocenters. The Kier molecular flexibility index (Phi) is 12.5. The Balaban J connectivity index is 0.000000209. The molecule has 4 N–H and O–H groups in total. The van der Waals surface area contributed by atoms with Crippen LogP contribution in [0.4, 0.5) is 11.4 Å². The van der Waals surface area contributed by atoms with E-state index in [0.717, 1.165) is 30.2 Å². The van der Waals surface area contributed by atoms with Gasteiger partial charge < -0.3 is 30.2 Å². The van der Waals surface area contributed by atoms with Crippen LogP contribution in [0.15, 0.2) is 103 Å². The maximum atomic E-state index is 11.6. The summed E-state index contributed by atoms with van der Waals surface area (Å²) in [4.78, 5) is 27.7. The summed E-state index contributed by atoms with van der Waals surface area (Å²) in [7, 11) is 4.02. The monoisotopic (exact) mass is 732 g/mol. The van der Waals surface area contributed by atoms with Crippen LogP contribution in [0.25, 0.3) is 21.5 Å². The molecule has 0 aromatic heterocycles. The molecule has 0 fully saturated rings. The van der Waals surface area contributed by atoms with E-state index in [-0.39, 0.29) is 17.5 Å². The van der Waals surface area contributed by atoms with E-state index in [1.54, 1.807) is 48.5 Å². The molecule has 0 aliphatic carbocycles. The number of rotatable bonds is 12. The van der Waals surface area contributed by atoms with Crippen molar-refractivity contribution in [3.8, 4) is 11.5 Å². The predicted octanol–water partition coefficient (Wildman–Crippen LogP) is 10.0. The van der Waals surface area contributed by atoms with Gasteiger partial charge in [0.05, 0.1) is 10.7 Å². The predicted molar refractivity (Wildman–Crippen MR) is 216 cm³/mol. The molecule has 274 valence electrons. The molecule has 6 rings (SSSR count). The minimum atomic E-state index is -1.28. The van der Waals surface area contributed by atoms with E-state index >= 15 is 0 Å². The topological polar surface area (TPSA) is 122 Å². The Morgan fingerprint density at radius 1 is 0.623 bits per heavy atom. The molecule has 0 spiro atoms. The van der Waals surface area contributed by atoms with E-state index < -0.39 is 23.4 Å². The van der Waals surface area contributed by atoms with Crippen LogP contribution < -0.4 is 9.80 Å². The van der Waals surface area contributed by atoms with Gasteiger partial charge in [0.2, 0.25) is 0 Å². The molecule has 0 saturated carbocycles. The highest BCUT2D eigenvalue weighted by molar-refractivity contribution is 6.33. The van der Waals surface area contributed by atoms with E-state index in [4.69, 9.17) is 11.6 Å². The van der Waals surface area contributed by atoms with Crippen molar-refractivity contribution in [2.24, 2.45) is 0 Å². The summed E-state index contributed by atoms with van der Waals surface area (Å²) in [5.74, 6) is -3.36. The minimum Gasteiger partial charge on any atom is -0.507 e. The van der Waals surface area contributed by atoms with Crippen LogP contribution in [0.2, 0.25) is 5.02 Å². The quantitative estimate of drug-likeness (QED) is 0.0981. The van der Waals surface area contributed by atoms with Crippen LogP contribution in [-0.4, -0.2) is 59.5 Å². The van der Waals surface area contributed by atoms with E-state index in [1.807, 2.05) is 19.0 Å². The zero-order valence-corrected chi connectivity index (χ0v) is 31.2. The van der Waals surface area contributed by atoms with Gasteiger partial charge in [0.1, 0.15) is 22.6 Å². The van der Waals surface area contributed by atoms with Gasteiger partial charge >= 0.3 is 11.9 Å². The molecule has 0 radical (unpaired) electrons. The number of hydrogen-bond acceptors (Lipinski definition) is 6. The zero-order chi connectivity index (χ0) is 38.2. The molecule has 9 heteroatoms. The van der Waals surface area contributed by atoms with Gasteiger partial charge in [-0.15, -0.1) is 0 Å². The van der Waals surface area contributed by atoms with Gasteiger partial charge in [0.25, 0.3) is 0 Å². The first-order chi connectivity index (χ1) is 25.4. The third-order valence-corrected chi connectivity index (χ3v) is 9.56. The van der Waals surface area contributed by atoms with Gasteiger partial charge in [-0.2, -0.15) is 0 Å². The lowest BCUT2D eigenvalue weighted by Crippen LogP contribution is -2.24. The Labute approximate surface area is 315 Å². The minimum absolute atomic E-state index is 0.0407. The fourth-order valence-electron chi connectivity index (χ4n) is 6.68. The molecule has 0 saturated heterocycles. The number of hydrogen-bond donors (Lipinski definition) is 4. The van der Waals surface area contributed by atoms with Crippen LogP contribution >= 0.6 is 11.6 Å². The van der Waals surface area contributed by atoms with Crippen molar-refractivity contribution in [3.05, 3.63) is 142 Å². The summed E-state index contributed by atoms with van der Waals surface area (Å²) < 4.78 is 0. The van der Waals surface area contributed by atoms with Crippen molar-refractivity contribution in [2.75, 3.05) is 37.0 Å². The first-order valence-electron chi connectivity index (χ1n) is 17.7. The lowest BCUT2D eigenvalue weighted by molar-refractivity contribution is 0.0682. The van der Waals surface area contributed by atoms with E-state index in [9.17, 15) is 30.0 Å². The molecule has 0 amide bonds. The molecular formula is C44H45ClN2O6. The lowest BCUT2D eigenvalue weighted by atomic mass is 9.90. The highest BCUT2D eigenvalue weighted by atomic mass is 35.5. The van der Waals surface area contributed by atoms with Gasteiger partial charge in [-0.1, -0.05) is 92.2 Å². The lowest BCUT2D eigenvalue weighted by Gasteiger charge is -2.24. The standard InChI is InChI=1S/C23H16O6.C21H29ClN2/c24-20-16(14-7-3-1-5-12(14)9-18(20)22(26)27)11-17-15-8-4-2-6-13(15)10-19(21(17)25)23(28)29;1-5-13-24(14-6-2)19-10-7-17(8-11-19)15-18-9-12-21(23(3)4)20(22)16-18/h1-10,24-25H,11H2,(H,26,27)(H,28,29);7-12,16H,5-6,13-15H2,1-4H3. The number of nitrogens with zero attached hydrogens (tertiary/aromatic N) is 2. The number of fused-ring (bicyclic) bond motifs is 2. The average Bonchev–Trinajstić information content (AvgIpc) is 3.13. The average molecular weight is 733 g/mol. The van der Waals surface area contributed by atoms with Crippen molar-refractivity contribution in [1.82, 2.24) is 0 Å². The normalized spacial score (nSPS) is 10.9. The highest BCUT2D eigenvalue weighted by Gasteiger charge is 2.22. The van der Waals surface area contributed by atoms with E-state index in [0.29, 0.717) is 32.7 Å². The number of anilines is 2. The number of carboxylic acid groups (broad SMARTS) is 2. The molecule has 0 aliphatic heterocycles. The van der Waals surface area contributed by atoms with E-state index in [1.165, 1.54) is 41.8 Å². The first-order valence-corrected chi connectivity index (χ1v) is 18.0. The molecule has 0 atom stereocenters. The third kappa shape index (κ3) is 8.84. The largest absolute Gasteiger partial charge is 0.507 e. The van der Waals surface area contributed by atoms with Crippen LogP contribution in [0.3, 0.4) is 0 Å². The maximum Gasteiger partial charge on any atom is 0.339 e. The number of carboxylic acids is 2. The number of aromatic carboxylic acids is 2. The van der Waals surface area contributed by atoms with Crippen molar-refractivity contribution >= 4 is 56.5 Å². The molecule has 8 nitrogen and oxygen atoms in total. The molecule has 53 heavy (non-hydrogen) atoms. The van der Waals surface area contributed by atoms with Gasteiger partial charge in [0.15, 0.2) is 0 Å². The Hall–Kier alpha value is -5.73. The Bertz CT molecular complexity index is 2140.